The molecule has 0 amide bonds. The van der Waals surface area contributed by atoms with Gasteiger partial charge in [-0.1, -0.05) is 12.8 Å². The molecule has 1 N–H and O–H groups in total. The van der Waals surface area contributed by atoms with Gasteiger partial charge in [0.2, 0.25) is 0 Å². The van der Waals surface area contributed by atoms with Crippen molar-refractivity contribution >= 4 is 23.4 Å². The van der Waals surface area contributed by atoms with Crippen LogP contribution < -0.4 is 0 Å². The van der Waals surface area contributed by atoms with Crippen molar-refractivity contribution in [1.82, 2.24) is 0 Å². The number of thioether (sulfide) groups is 1. The van der Waals surface area contributed by atoms with E-state index in [-0.39, 0.29) is 15.8 Å². The Hall–Kier alpha value is -1.63. The summed E-state index contributed by atoms with van der Waals surface area (Å²) in [6, 6.07) is 1.76. The van der Waals surface area contributed by atoms with Crippen molar-refractivity contribution in [3.63, 3.8) is 0 Å². The minimum atomic E-state index is -1.50. The lowest BCUT2D eigenvalue weighted by Gasteiger charge is -2.10. The van der Waals surface area contributed by atoms with Gasteiger partial charge in [-0.25, -0.2) is 9.18 Å². The lowest BCUT2D eigenvalue weighted by Crippen LogP contribution is -2.04. The largest absolute Gasteiger partial charge is 0.478 e. The van der Waals surface area contributed by atoms with Crippen LogP contribution in [0.1, 0.15) is 36.0 Å². The summed E-state index contributed by atoms with van der Waals surface area (Å²) in [4.78, 5) is 21.3. The number of rotatable bonds is 4. The average molecular weight is 285 g/mol. The molecule has 0 radical (unpaired) electrons. The summed E-state index contributed by atoms with van der Waals surface area (Å²) in [5, 5.41) is 20.0. The van der Waals surface area contributed by atoms with Crippen LogP contribution in [0.15, 0.2) is 17.0 Å². The van der Waals surface area contributed by atoms with Crippen LogP contribution in [-0.4, -0.2) is 21.2 Å². The van der Waals surface area contributed by atoms with Gasteiger partial charge in [-0.2, -0.15) is 0 Å². The van der Waals surface area contributed by atoms with Gasteiger partial charge in [-0.15, -0.1) is 11.8 Å². The van der Waals surface area contributed by atoms with Gasteiger partial charge in [-0.3, -0.25) is 10.1 Å². The highest BCUT2D eigenvalue weighted by molar-refractivity contribution is 8.00. The molecule has 0 spiro atoms. The molecule has 5 nitrogen and oxygen atoms in total. The Morgan fingerprint density at radius 3 is 2.58 bits per heavy atom. The number of hydrogen-bond acceptors (Lipinski definition) is 4. The summed E-state index contributed by atoms with van der Waals surface area (Å²) >= 11 is 1.27. The van der Waals surface area contributed by atoms with E-state index in [4.69, 9.17) is 5.11 Å². The molecular weight excluding hydrogens is 273 g/mol. The second-order valence-electron chi connectivity index (χ2n) is 4.39. The van der Waals surface area contributed by atoms with Crippen LogP contribution in [0, 0.1) is 15.9 Å². The van der Waals surface area contributed by atoms with Crippen molar-refractivity contribution in [2.24, 2.45) is 0 Å². The fourth-order valence-electron chi connectivity index (χ4n) is 2.13. The third-order valence-electron chi connectivity index (χ3n) is 3.07. The summed E-state index contributed by atoms with van der Waals surface area (Å²) in [5.41, 5.74) is -1.00. The molecule has 1 saturated carbocycles. The number of nitrogens with zero attached hydrogens (tertiary/aromatic N) is 1. The van der Waals surface area contributed by atoms with Crippen LogP contribution in [-0.2, 0) is 0 Å². The van der Waals surface area contributed by atoms with Crippen molar-refractivity contribution in [3.05, 3.63) is 33.6 Å². The van der Waals surface area contributed by atoms with E-state index in [1.165, 1.54) is 11.8 Å². The Morgan fingerprint density at radius 2 is 2.05 bits per heavy atom. The summed E-state index contributed by atoms with van der Waals surface area (Å²) < 4.78 is 13.6. The van der Waals surface area contributed by atoms with Crippen LogP contribution in [0.25, 0.3) is 0 Å². The van der Waals surface area contributed by atoms with Gasteiger partial charge in [0, 0.05) is 11.3 Å². The quantitative estimate of drug-likeness (QED) is 0.676. The third-order valence-corrected chi connectivity index (χ3v) is 4.46. The van der Waals surface area contributed by atoms with Crippen LogP contribution >= 0.6 is 11.8 Å². The Balaban J connectivity index is 2.38. The highest BCUT2D eigenvalue weighted by Gasteiger charge is 2.25. The maximum atomic E-state index is 13.6. The Labute approximate surface area is 113 Å². The lowest BCUT2D eigenvalue weighted by molar-refractivity contribution is -0.387. The molecule has 0 saturated heterocycles. The SMILES string of the molecule is O=C(O)c1cc([N+](=O)[O-])c(SC2CCCC2)cc1F. The highest BCUT2D eigenvalue weighted by Crippen LogP contribution is 2.39. The van der Waals surface area contributed by atoms with Gasteiger partial charge in [0.15, 0.2) is 0 Å². The van der Waals surface area contributed by atoms with Gasteiger partial charge in [0.1, 0.15) is 11.4 Å². The fraction of sp³-hybridized carbons (Fsp3) is 0.417. The van der Waals surface area contributed by atoms with Gasteiger partial charge >= 0.3 is 5.97 Å². The normalized spacial score (nSPS) is 15.6. The predicted molar refractivity (Wildman–Crippen MR) is 68.1 cm³/mol. The summed E-state index contributed by atoms with van der Waals surface area (Å²) in [6.07, 6.45) is 4.04. The standard InChI is InChI=1S/C12H12FNO4S/c13-9-6-11(19-7-3-1-2-4-7)10(14(17)18)5-8(9)12(15)16/h5-7H,1-4H2,(H,15,16). The molecular formula is C12H12FNO4S. The lowest BCUT2D eigenvalue weighted by atomic mass is 10.2. The molecule has 2 rings (SSSR count). The van der Waals surface area contributed by atoms with E-state index >= 15 is 0 Å². The molecule has 1 aliphatic rings. The topological polar surface area (TPSA) is 80.4 Å². The van der Waals surface area contributed by atoms with Gasteiger partial charge in [-0.05, 0) is 18.9 Å². The fourth-order valence-corrected chi connectivity index (χ4v) is 3.48. The smallest absolute Gasteiger partial charge is 0.338 e. The zero-order valence-corrected chi connectivity index (χ0v) is 10.8. The number of aromatic carboxylic acids is 1. The Morgan fingerprint density at radius 1 is 1.42 bits per heavy atom. The maximum Gasteiger partial charge on any atom is 0.338 e. The van der Waals surface area contributed by atoms with E-state index in [2.05, 4.69) is 0 Å². The first-order valence-electron chi connectivity index (χ1n) is 5.87. The van der Waals surface area contributed by atoms with Crippen molar-refractivity contribution in [2.45, 2.75) is 35.8 Å². The monoisotopic (exact) mass is 285 g/mol. The Kier molecular flexibility index (Phi) is 4.04. The molecule has 1 aromatic rings. The van der Waals surface area contributed by atoms with Crippen molar-refractivity contribution < 1.29 is 19.2 Å². The molecule has 1 aromatic carbocycles. The minimum absolute atomic E-state index is 0.208. The van der Waals surface area contributed by atoms with Crippen LogP contribution in [0.2, 0.25) is 0 Å². The van der Waals surface area contributed by atoms with E-state index in [9.17, 15) is 19.3 Å². The first kappa shape index (κ1) is 13.8. The molecule has 0 atom stereocenters. The van der Waals surface area contributed by atoms with E-state index in [0.717, 1.165) is 37.8 Å². The number of nitro groups is 1. The van der Waals surface area contributed by atoms with E-state index in [1.807, 2.05) is 0 Å². The second-order valence-corrected chi connectivity index (χ2v) is 5.73. The van der Waals surface area contributed by atoms with Gasteiger partial charge in [0.25, 0.3) is 5.69 Å². The van der Waals surface area contributed by atoms with Crippen molar-refractivity contribution in [2.75, 3.05) is 0 Å². The molecule has 0 aliphatic heterocycles. The minimum Gasteiger partial charge on any atom is -0.478 e. The van der Waals surface area contributed by atoms with Gasteiger partial charge < -0.3 is 5.11 Å². The molecule has 102 valence electrons. The van der Waals surface area contributed by atoms with Crippen LogP contribution in [0.4, 0.5) is 10.1 Å². The number of carbonyl (C=O) groups is 1. The van der Waals surface area contributed by atoms with Gasteiger partial charge in [0.05, 0.1) is 9.82 Å². The number of halogens is 1. The summed E-state index contributed by atoms with van der Waals surface area (Å²) in [5.74, 6) is -2.43. The average Bonchev–Trinajstić information content (AvgIpc) is 2.81. The molecule has 1 aliphatic carbocycles. The first-order valence-corrected chi connectivity index (χ1v) is 6.75. The molecule has 0 bridgehead atoms. The molecule has 1 fully saturated rings. The van der Waals surface area contributed by atoms with Crippen molar-refractivity contribution in [3.8, 4) is 0 Å². The zero-order chi connectivity index (χ0) is 14.0. The number of benzene rings is 1. The number of hydrogen-bond donors (Lipinski definition) is 1. The third kappa shape index (κ3) is 3.04. The van der Waals surface area contributed by atoms with E-state index < -0.39 is 22.3 Å². The molecule has 19 heavy (non-hydrogen) atoms. The molecule has 0 heterocycles. The maximum absolute atomic E-state index is 13.6. The first-order chi connectivity index (χ1) is 8.99. The number of carboxylic acids is 1. The van der Waals surface area contributed by atoms with Crippen molar-refractivity contribution in [1.29, 1.82) is 0 Å². The number of carboxylic acid groups (broad SMARTS) is 1. The summed E-state index contributed by atoms with van der Waals surface area (Å²) in [6.45, 7) is 0. The molecule has 0 aromatic heterocycles. The highest BCUT2D eigenvalue weighted by atomic mass is 32.2. The van der Waals surface area contributed by atoms with E-state index in [1.54, 1.807) is 0 Å². The second kappa shape index (κ2) is 5.56. The molecule has 0 unspecified atom stereocenters. The Bertz CT molecular complexity index is 529. The zero-order valence-electron chi connectivity index (χ0n) is 9.97. The summed E-state index contributed by atoms with van der Waals surface area (Å²) in [7, 11) is 0. The predicted octanol–water partition coefficient (Wildman–Crippen LogP) is 3.47. The van der Waals surface area contributed by atoms with Crippen LogP contribution in [0.3, 0.4) is 0 Å². The van der Waals surface area contributed by atoms with E-state index in [0.29, 0.717) is 0 Å². The molecule has 7 heteroatoms. The van der Waals surface area contributed by atoms with Crippen LogP contribution in [0.5, 0.6) is 0 Å². The number of nitro benzene ring substituents is 1.